The summed E-state index contributed by atoms with van der Waals surface area (Å²) in [5, 5.41) is 0. The van der Waals surface area contributed by atoms with E-state index < -0.39 is 5.54 Å². The molecule has 0 atom stereocenters. The van der Waals surface area contributed by atoms with E-state index in [0.29, 0.717) is 16.8 Å². The summed E-state index contributed by atoms with van der Waals surface area (Å²) in [5.41, 5.74) is 3.37. The van der Waals surface area contributed by atoms with Crippen LogP contribution in [0.5, 0.6) is 0 Å². The van der Waals surface area contributed by atoms with Crippen molar-refractivity contribution < 1.29 is 9.18 Å². The number of benzene rings is 2. The molecule has 1 aliphatic rings. The highest BCUT2D eigenvalue weighted by molar-refractivity contribution is 7.80. The molecule has 2 nitrogen and oxygen atoms in total. The Kier molecular flexibility index (Phi) is 4.10. The molecule has 2 heterocycles. The van der Waals surface area contributed by atoms with Gasteiger partial charge in [-0.2, -0.15) is 0 Å². The second-order valence-electron chi connectivity index (χ2n) is 6.89. The number of aryl methyl sites for hydroxylation is 1. The molecule has 0 spiro atoms. The van der Waals surface area contributed by atoms with Crippen LogP contribution in [0.25, 0.3) is 11.1 Å². The minimum Gasteiger partial charge on any atom is -0.297 e. The zero-order valence-corrected chi connectivity index (χ0v) is 16.9. The van der Waals surface area contributed by atoms with Crippen LogP contribution in [0, 0.1) is 16.6 Å². The van der Waals surface area contributed by atoms with E-state index in [9.17, 15) is 9.18 Å². The summed E-state index contributed by atoms with van der Waals surface area (Å²) in [4.78, 5) is 16.2. The number of carbonyl (C=O) groups is 1. The van der Waals surface area contributed by atoms with Gasteiger partial charge >= 0.3 is 0 Å². The van der Waals surface area contributed by atoms with Crippen molar-refractivity contribution in [3.63, 3.8) is 0 Å². The van der Waals surface area contributed by atoms with Gasteiger partial charge in [-0.1, -0.05) is 50.6 Å². The zero-order valence-electron chi connectivity index (χ0n) is 14.5. The summed E-state index contributed by atoms with van der Waals surface area (Å²) in [6.45, 7) is 6.00. The van der Waals surface area contributed by atoms with Gasteiger partial charge in [-0.3, -0.25) is 9.69 Å². The standard InChI is InChI=1S/C20H16FNOS3/c1-11-5-4-6-12(9-11)18(23)22-15-8-7-13(21)10-14(15)16-17(20(22,2)3)25-26-19(16)24/h4-10H,1-3H3. The first-order chi connectivity index (χ1) is 12.3. The Morgan fingerprint density at radius 1 is 1.15 bits per heavy atom. The van der Waals surface area contributed by atoms with Gasteiger partial charge in [0.25, 0.3) is 5.91 Å². The molecule has 6 heteroatoms. The highest BCUT2D eigenvalue weighted by Crippen LogP contribution is 2.52. The number of carbonyl (C=O) groups excluding carboxylic acids is 1. The fourth-order valence-corrected chi connectivity index (χ4v) is 6.75. The third-order valence-corrected chi connectivity index (χ3v) is 8.01. The Balaban J connectivity index is 1.99. The van der Waals surface area contributed by atoms with Crippen molar-refractivity contribution in [3.8, 4) is 11.1 Å². The SMILES string of the molecule is Cc1cccc(C(=O)N2c3ccc(F)cc3-c3c(ssc3=S)C2(C)C)c1. The first-order valence-corrected chi connectivity index (χ1v) is 10.7. The van der Waals surface area contributed by atoms with E-state index in [-0.39, 0.29) is 11.7 Å². The van der Waals surface area contributed by atoms with Crippen LogP contribution in [0.15, 0.2) is 42.5 Å². The van der Waals surface area contributed by atoms with Crippen molar-refractivity contribution in [1.82, 2.24) is 0 Å². The van der Waals surface area contributed by atoms with Gasteiger partial charge in [-0.15, -0.1) is 0 Å². The molecule has 26 heavy (non-hydrogen) atoms. The molecule has 0 aliphatic carbocycles. The van der Waals surface area contributed by atoms with Gasteiger partial charge in [0.05, 0.1) is 16.1 Å². The van der Waals surface area contributed by atoms with Crippen LogP contribution in [0.3, 0.4) is 0 Å². The predicted octanol–water partition coefficient (Wildman–Crippen LogP) is 6.55. The molecule has 0 saturated carbocycles. The average molecular weight is 402 g/mol. The highest BCUT2D eigenvalue weighted by atomic mass is 32.9. The van der Waals surface area contributed by atoms with Gasteiger partial charge < -0.3 is 0 Å². The van der Waals surface area contributed by atoms with Gasteiger partial charge in [0.1, 0.15) is 9.64 Å². The van der Waals surface area contributed by atoms with E-state index in [1.165, 1.54) is 22.5 Å². The fourth-order valence-electron chi connectivity index (χ4n) is 3.47. The predicted molar refractivity (Wildman–Crippen MR) is 109 cm³/mol. The number of halogens is 1. The van der Waals surface area contributed by atoms with E-state index in [0.717, 1.165) is 19.8 Å². The van der Waals surface area contributed by atoms with Gasteiger partial charge in [-0.05, 0) is 51.1 Å². The average Bonchev–Trinajstić information content (AvgIpc) is 2.98. The summed E-state index contributed by atoms with van der Waals surface area (Å²) < 4.78 is 14.7. The van der Waals surface area contributed by atoms with E-state index >= 15 is 0 Å². The van der Waals surface area contributed by atoms with Crippen molar-refractivity contribution in [3.05, 3.63) is 68.1 Å². The zero-order chi connectivity index (χ0) is 18.6. The van der Waals surface area contributed by atoms with Gasteiger partial charge in [0.15, 0.2) is 0 Å². The van der Waals surface area contributed by atoms with Gasteiger partial charge in [-0.25, -0.2) is 4.39 Å². The maximum absolute atomic E-state index is 14.0. The molecule has 0 saturated heterocycles. The van der Waals surface area contributed by atoms with Crippen LogP contribution in [0.4, 0.5) is 10.1 Å². The molecule has 3 aromatic rings. The van der Waals surface area contributed by atoms with Crippen molar-refractivity contribution in [2.75, 3.05) is 4.90 Å². The van der Waals surface area contributed by atoms with Crippen LogP contribution < -0.4 is 4.90 Å². The molecule has 2 aromatic carbocycles. The number of nitrogens with zero attached hydrogens (tertiary/aromatic N) is 1. The van der Waals surface area contributed by atoms with Gasteiger partial charge in [0.2, 0.25) is 0 Å². The van der Waals surface area contributed by atoms with Crippen LogP contribution in [0.2, 0.25) is 0 Å². The topological polar surface area (TPSA) is 20.3 Å². The largest absolute Gasteiger partial charge is 0.297 e. The lowest BCUT2D eigenvalue weighted by atomic mass is 9.86. The van der Waals surface area contributed by atoms with Crippen LogP contribution >= 0.6 is 32.9 Å². The summed E-state index contributed by atoms with van der Waals surface area (Å²) in [6.07, 6.45) is 0. The van der Waals surface area contributed by atoms with Crippen LogP contribution in [-0.2, 0) is 5.54 Å². The molecule has 0 fully saturated rings. The van der Waals surface area contributed by atoms with Crippen molar-refractivity contribution in [2.24, 2.45) is 0 Å². The third kappa shape index (κ3) is 2.55. The maximum Gasteiger partial charge on any atom is 0.259 e. The maximum atomic E-state index is 14.0. The molecule has 0 unspecified atom stereocenters. The van der Waals surface area contributed by atoms with E-state index in [1.54, 1.807) is 21.3 Å². The molecular formula is C20H16FNOS3. The Labute approximate surface area is 163 Å². The smallest absolute Gasteiger partial charge is 0.259 e. The Hall–Kier alpha value is -1.89. The van der Waals surface area contributed by atoms with Crippen molar-refractivity contribution >= 4 is 44.5 Å². The Morgan fingerprint density at radius 2 is 1.92 bits per heavy atom. The number of hydrogen-bond donors (Lipinski definition) is 0. The molecule has 0 bridgehead atoms. The number of amides is 1. The monoisotopic (exact) mass is 401 g/mol. The second kappa shape index (κ2) is 6.08. The Morgan fingerprint density at radius 3 is 2.65 bits per heavy atom. The number of anilines is 1. The second-order valence-corrected chi connectivity index (χ2v) is 9.71. The molecule has 1 amide bonds. The summed E-state index contributed by atoms with van der Waals surface area (Å²) in [5.74, 6) is -0.426. The fraction of sp³-hybridized carbons (Fsp3) is 0.200. The third-order valence-electron chi connectivity index (χ3n) is 4.68. The van der Waals surface area contributed by atoms with E-state index in [2.05, 4.69) is 0 Å². The first-order valence-electron chi connectivity index (χ1n) is 8.15. The van der Waals surface area contributed by atoms with Crippen LogP contribution in [0.1, 0.15) is 34.6 Å². The number of rotatable bonds is 1. The summed E-state index contributed by atoms with van der Waals surface area (Å²) in [7, 11) is 3.07. The molecule has 0 radical (unpaired) electrons. The van der Waals surface area contributed by atoms with E-state index in [1.807, 2.05) is 45.0 Å². The normalized spacial score (nSPS) is 14.7. The summed E-state index contributed by atoms with van der Waals surface area (Å²) >= 11 is 5.51. The molecule has 1 aliphatic heterocycles. The summed E-state index contributed by atoms with van der Waals surface area (Å²) in [6, 6.07) is 12.1. The van der Waals surface area contributed by atoms with Gasteiger partial charge in [0, 0.05) is 16.7 Å². The Bertz CT molecular complexity index is 1100. The lowest BCUT2D eigenvalue weighted by Gasteiger charge is -2.43. The lowest BCUT2D eigenvalue weighted by molar-refractivity contribution is 0.0961. The highest BCUT2D eigenvalue weighted by Gasteiger charge is 2.43. The molecule has 132 valence electrons. The minimum atomic E-state index is -0.570. The molecule has 4 rings (SSSR count). The molecule has 1 aromatic heterocycles. The quantitative estimate of drug-likeness (QED) is 0.340. The van der Waals surface area contributed by atoms with Crippen molar-refractivity contribution in [1.29, 1.82) is 0 Å². The number of hydrogen-bond acceptors (Lipinski definition) is 4. The van der Waals surface area contributed by atoms with E-state index in [4.69, 9.17) is 12.2 Å². The van der Waals surface area contributed by atoms with Crippen LogP contribution in [-0.4, -0.2) is 5.91 Å². The molecule has 0 N–H and O–H groups in total. The lowest BCUT2D eigenvalue weighted by Crippen LogP contribution is -2.47. The molecular weight excluding hydrogens is 385 g/mol. The number of fused-ring (bicyclic) bond motifs is 3. The van der Waals surface area contributed by atoms with Crippen molar-refractivity contribution in [2.45, 2.75) is 26.3 Å². The first kappa shape index (κ1) is 17.5. The minimum absolute atomic E-state index is 0.0958.